The molecule has 1 nitrogen and oxygen atoms in total. The molecule has 27 heavy (non-hydrogen) atoms. The summed E-state index contributed by atoms with van der Waals surface area (Å²) in [6.45, 7) is 13.5. The third kappa shape index (κ3) is 3.98. The zero-order valence-electron chi connectivity index (χ0n) is 17.9. The molecule has 3 aromatic rings. The quantitative estimate of drug-likeness (QED) is 0.483. The zero-order valence-corrected chi connectivity index (χ0v) is 17.9. The van der Waals surface area contributed by atoms with Crippen molar-refractivity contribution in [1.82, 2.24) is 0 Å². The molecule has 0 atom stereocenters. The highest BCUT2D eigenvalue weighted by Crippen LogP contribution is 2.33. The Kier molecular flexibility index (Phi) is 5.51. The summed E-state index contributed by atoms with van der Waals surface area (Å²) in [5.74, 6) is 0.658. The molecule has 1 heterocycles. The molecule has 0 spiro atoms. The summed E-state index contributed by atoms with van der Waals surface area (Å²) in [4.78, 5) is 0. The van der Waals surface area contributed by atoms with Crippen LogP contribution in [0, 0.1) is 33.6 Å². The van der Waals surface area contributed by atoms with Gasteiger partial charge in [-0.3, -0.25) is 0 Å². The standard InChI is InChI=1S/C26H32N/c1-17(2)12-22-14-26(27(7)16-21(22)6)25-15-24(19(4)13-20(25)5)23-11-9-8-10-18(23)3/h8-11,13-17H,12H2,1-7H3/q+1. The highest BCUT2D eigenvalue weighted by atomic mass is 14.9. The molecule has 0 aliphatic heterocycles. The van der Waals surface area contributed by atoms with Gasteiger partial charge in [0.05, 0.1) is 0 Å². The molecule has 0 saturated carbocycles. The van der Waals surface area contributed by atoms with Gasteiger partial charge in [0.15, 0.2) is 6.20 Å². The minimum Gasteiger partial charge on any atom is -0.201 e. The van der Waals surface area contributed by atoms with Crippen molar-refractivity contribution >= 4 is 0 Å². The molecule has 0 N–H and O–H groups in total. The number of aromatic nitrogens is 1. The van der Waals surface area contributed by atoms with Crippen LogP contribution in [0.3, 0.4) is 0 Å². The van der Waals surface area contributed by atoms with E-state index < -0.39 is 0 Å². The van der Waals surface area contributed by atoms with E-state index >= 15 is 0 Å². The SMILES string of the molecule is Cc1c[n+](C)c(-c2cc(-c3ccccc3C)c(C)cc2C)cc1CC(C)C. The van der Waals surface area contributed by atoms with Crippen molar-refractivity contribution in [1.29, 1.82) is 0 Å². The Bertz CT molecular complexity index is 980. The maximum atomic E-state index is 2.40. The zero-order chi connectivity index (χ0) is 19.7. The summed E-state index contributed by atoms with van der Waals surface area (Å²) in [6.07, 6.45) is 3.40. The van der Waals surface area contributed by atoms with E-state index in [4.69, 9.17) is 0 Å². The van der Waals surface area contributed by atoms with Crippen LogP contribution in [0.15, 0.2) is 48.7 Å². The van der Waals surface area contributed by atoms with Crippen molar-refractivity contribution in [2.75, 3.05) is 0 Å². The highest BCUT2D eigenvalue weighted by molar-refractivity contribution is 5.77. The van der Waals surface area contributed by atoms with Crippen LogP contribution in [0.2, 0.25) is 0 Å². The Morgan fingerprint density at radius 1 is 0.741 bits per heavy atom. The first kappa shape index (κ1) is 19.4. The molecular formula is C26H32N+. The van der Waals surface area contributed by atoms with Crippen LogP contribution in [0.25, 0.3) is 22.4 Å². The molecule has 0 unspecified atom stereocenters. The lowest BCUT2D eigenvalue weighted by Crippen LogP contribution is -2.32. The second-order valence-electron chi connectivity index (χ2n) is 8.37. The summed E-state index contributed by atoms with van der Waals surface area (Å²) in [7, 11) is 2.16. The normalized spacial score (nSPS) is 11.3. The van der Waals surface area contributed by atoms with Gasteiger partial charge in [0, 0.05) is 17.2 Å². The van der Waals surface area contributed by atoms with Gasteiger partial charge in [0.25, 0.3) is 0 Å². The van der Waals surface area contributed by atoms with Crippen LogP contribution < -0.4 is 4.57 Å². The van der Waals surface area contributed by atoms with Crippen LogP contribution in [-0.4, -0.2) is 0 Å². The smallest absolute Gasteiger partial charge is 0.201 e. The van der Waals surface area contributed by atoms with E-state index in [1.807, 2.05) is 0 Å². The molecule has 1 heteroatoms. The molecular weight excluding hydrogens is 326 g/mol. The average molecular weight is 359 g/mol. The van der Waals surface area contributed by atoms with Gasteiger partial charge < -0.3 is 0 Å². The van der Waals surface area contributed by atoms with E-state index in [0.29, 0.717) is 5.92 Å². The third-order valence-electron chi connectivity index (χ3n) is 5.50. The predicted molar refractivity (Wildman–Crippen MR) is 116 cm³/mol. The first-order valence-electron chi connectivity index (χ1n) is 9.94. The Morgan fingerprint density at radius 3 is 2.07 bits per heavy atom. The summed E-state index contributed by atoms with van der Waals surface area (Å²) in [5.41, 5.74) is 12.1. The topological polar surface area (TPSA) is 3.88 Å². The van der Waals surface area contributed by atoms with Crippen LogP contribution in [0.5, 0.6) is 0 Å². The molecule has 0 fully saturated rings. The maximum Gasteiger partial charge on any atom is 0.212 e. The van der Waals surface area contributed by atoms with Crippen LogP contribution in [0.1, 0.15) is 41.7 Å². The fourth-order valence-electron chi connectivity index (χ4n) is 4.04. The Hall–Kier alpha value is -2.41. The summed E-state index contributed by atoms with van der Waals surface area (Å²) in [6, 6.07) is 15.8. The Morgan fingerprint density at radius 2 is 1.41 bits per heavy atom. The largest absolute Gasteiger partial charge is 0.212 e. The molecule has 0 aliphatic rings. The number of hydrogen-bond donors (Lipinski definition) is 0. The molecule has 2 aromatic carbocycles. The number of benzene rings is 2. The van der Waals surface area contributed by atoms with Crippen molar-refractivity contribution in [2.45, 2.75) is 48.0 Å². The maximum absolute atomic E-state index is 2.40. The summed E-state index contributed by atoms with van der Waals surface area (Å²) in [5, 5.41) is 0. The van der Waals surface area contributed by atoms with Crippen molar-refractivity contribution in [3.05, 3.63) is 76.5 Å². The van der Waals surface area contributed by atoms with Gasteiger partial charge in [-0.25, -0.2) is 4.57 Å². The van der Waals surface area contributed by atoms with Gasteiger partial charge in [0.1, 0.15) is 7.05 Å². The number of nitrogens with zero attached hydrogens (tertiary/aromatic N) is 1. The Balaban J connectivity index is 2.21. The van der Waals surface area contributed by atoms with E-state index in [2.05, 4.69) is 102 Å². The fourth-order valence-corrected chi connectivity index (χ4v) is 4.04. The monoisotopic (exact) mass is 358 g/mol. The van der Waals surface area contributed by atoms with E-state index in [0.717, 1.165) is 6.42 Å². The first-order chi connectivity index (χ1) is 12.8. The van der Waals surface area contributed by atoms with Gasteiger partial charge in [-0.15, -0.1) is 0 Å². The van der Waals surface area contributed by atoms with Gasteiger partial charge in [0.2, 0.25) is 5.69 Å². The van der Waals surface area contributed by atoms with E-state index in [-0.39, 0.29) is 0 Å². The number of aryl methyl sites for hydroxylation is 5. The van der Waals surface area contributed by atoms with Gasteiger partial charge >= 0.3 is 0 Å². The summed E-state index contributed by atoms with van der Waals surface area (Å²) < 4.78 is 2.28. The van der Waals surface area contributed by atoms with Gasteiger partial charge in [-0.2, -0.15) is 0 Å². The minimum atomic E-state index is 0.658. The van der Waals surface area contributed by atoms with Crippen LogP contribution in [0.4, 0.5) is 0 Å². The van der Waals surface area contributed by atoms with Gasteiger partial charge in [-0.1, -0.05) is 44.2 Å². The number of hydrogen-bond acceptors (Lipinski definition) is 0. The second kappa shape index (κ2) is 7.68. The molecule has 0 radical (unpaired) electrons. The van der Waals surface area contributed by atoms with Crippen LogP contribution >= 0.6 is 0 Å². The van der Waals surface area contributed by atoms with Crippen LogP contribution in [-0.2, 0) is 13.5 Å². The van der Waals surface area contributed by atoms with E-state index in [1.54, 1.807) is 0 Å². The highest BCUT2D eigenvalue weighted by Gasteiger charge is 2.18. The first-order valence-corrected chi connectivity index (χ1v) is 9.94. The molecule has 0 saturated heterocycles. The lowest BCUT2D eigenvalue weighted by Gasteiger charge is -2.15. The average Bonchev–Trinajstić information content (AvgIpc) is 2.58. The van der Waals surface area contributed by atoms with Crippen molar-refractivity contribution in [3.8, 4) is 22.4 Å². The minimum absolute atomic E-state index is 0.658. The number of pyridine rings is 1. The molecule has 0 amide bonds. The van der Waals surface area contributed by atoms with Gasteiger partial charge in [-0.05, 0) is 79.5 Å². The van der Waals surface area contributed by atoms with E-state index in [9.17, 15) is 0 Å². The lowest BCUT2D eigenvalue weighted by molar-refractivity contribution is -0.660. The van der Waals surface area contributed by atoms with Crippen molar-refractivity contribution in [3.63, 3.8) is 0 Å². The molecule has 0 bridgehead atoms. The summed E-state index contributed by atoms with van der Waals surface area (Å²) >= 11 is 0. The van der Waals surface area contributed by atoms with E-state index in [1.165, 1.54) is 50.2 Å². The van der Waals surface area contributed by atoms with Crippen molar-refractivity contribution < 1.29 is 4.57 Å². The van der Waals surface area contributed by atoms with Crippen molar-refractivity contribution in [2.24, 2.45) is 13.0 Å². The third-order valence-corrected chi connectivity index (χ3v) is 5.50. The number of rotatable bonds is 4. The fraction of sp³-hybridized carbons (Fsp3) is 0.346. The molecule has 1 aromatic heterocycles. The molecule has 140 valence electrons. The predicted octanol–water partition coefficient (Wildman–Crippen LogP) is 6.28. The second-order valence-corrected chi connectivity index (χ2v) is 8.37. The molecule has 0 aliphatic carbocycles. The Labute approximate surface area is 164 Å². The molecule has 3 rings (SSSR count). The lowest BCUT2D eigenvalue weighted by atomic mass is 9.90.